The summed E-state index contributed by atoms with van der Waals surface area (Å²) in [6, 6.07) is 6.06. The summed E-state index contributed by atoms with van der Waals surface area (Å²) in [5.41, 5.74) is 12.9. The van der Waals surface area contributed by atoms with Crippen LogP contribution in [0, 0.1) is 0 Å². The largest absolute Gasteiger partial charge is 0.492 e. The SMILES string of the molecule is NC(N)=NCCOc1ccc(CSI)c(CS)c1. The maximum Gasteiger partial charge on any atom is 0.186 e. The predicted octanol–water partition coefficient (Wildman–Crippen LogP) is 2.35. The molecule has 0 heterocycles. The lowest BCUT2D eigenvalue weighted by Crippen LogP contribution is -2.23. The minimum atomic E-state index is 0.0871. The molecule has 0 spiro atoms. The fraction of sp³-hybridized carbons (Fsp3) is 0.364. The topological polar surface area (TPSA) is 73.6 Å². The van der Waals surface area contributed by atoms with Crippen LogP contribution < -0.4 is 16.2 Å². The third-order valence-corrected chi connectivity index (χ3v) is 3.91. The van der Waals surface area contributed by atoms with Gasteiger partial charge in [0.15, 0.2) is 5.96 Å². The molecule has 0 atom stereocenters. The molecule has 0 unspecified atom stereocenters. The van der Waals surface area contributed by atoms with Crippen LogP contribution in [0.3, 0.4) is 0 Å². The van der Waals surface area contributed by atoms with Crippen LogP contribution in [-0.4, -0.2) is 19.1 Å². The molecule has 1 aromatic rings. The third-order valence-electron chi connectivity index (χ3n) is 2.21. The number of thiol groups is 1. The number of aliphatic imine (C=N–C) groups is 1. The Labute approximate surface area is 129 Å². The van der Waals surface area contributed by atoms with Crippen LogP contribution in [0.4, 0.5) is 0 Å². The molecule has 4 nitrogen and oxygen atoms in total. The van der Waals surface area contributed by atoms with E-state index in [1.165, 1.54) is 11.1 Å². The highest BCUT2D eigenvalue weighted by atomic mass is 127. The van der Waals surface area contributed by atoms with Crippen molar-refractivity contribution in [1.82, 2.24) is 0 Å². The van der Waals surface area contributed by atoms with E-state index in [1.807, 2.05) is 12.1 Å². The van der Waals surface area contributed by atoms with Gasteiger partial charge in [0.1, 0.15) is 12.4 Å². The van der Waals surface area contributed by atoms with Crippen LogP contribution in [0.1, 0.15) is 11.1 Å². The Hall–Kier alpha value is -0.280. The monoisotopic (exact) mass is 397 g/mol. The van der Waals surface area contributed by atoms with Gasteiger partial charge in [0.05, 0.1) is 6.54 Å². The number of hydrogen-bond acceptors (Lipinski definition) is 4. The highest BCUT2D eigenvalue weighted by Gasteiger charge is 2.03. The first-order chi connectivity index (χ1) is 8.67. The van der Waals surface area contributed by atoms with E-state index in [0.29, 0.717) is 18.9 Å². The van der Waals surface area contributed by atoms with Crippen LogP contribution in [0.2, 0.25) is 0 Å². The highest BCUT2D eigenvalue weighted by Crippen LogP contribution is 2.25. The molecule has 0 aliphatic rings. The van der Waals surface area contributed by atoms with Crippen LogP contribution >= 0.6 is 42.8 Å². The fourth-order valence-electron chi connectivity index (χ4n) is 1.38. The first kappa shape index (κ1) is 15.8. The van der Waals surface area contributed by atoms with Gasteiger partial charge in [0.25, 0.3) is 0 Å². The Bertz CT molecular complexity index is 411. The zero-order valence-electron chi connectivity index (χ0n) is 9.80. The molecule has 4 N–H and O–H groups in total. The van der Waals surface area contributed by atoms with Gasteiger partial charge < -0.3 is 16.2 Å². The fourth-order valence-corrected chi connectivity index (χ4v) is 3.08. The van der Waals surface area contributed by atoms with Gasteiger partial charge in [-0.15, -0.1) is 0 Å². The van der Waals surface area contributed by atoms with E-state index in [2.05, 4.69) is 44.9 Å². The third kappa shape index (κ3) is 5.57. The zero-order valence-corrected chi connectivity index (χ0v) is 13.7. The van der Waals surface area contributed by atoms with E-state index in [-0.39, 0.29) is 5.96 Å². The van der Waals surface area contributed by atoms with Gasteiger partial charge >= 0.3 is 0 Å². The minimum absolute atomic E-state index is 0.0871. The number of halogens is 1. The zero-order chi connectivity index (χ0) is 13.4. The Morgan fingerprint density at radius 2 is 2.17 bits per heavy atom. The van der Waals surface area contributed by atoms with Crippen molar-refractivity contribution >= 4 is 48.7 Å². The van der Waals surface area contributed by atoms with Crippen molar-refractivity contribution in [3.05, 3.63) is 29.3 Å². The quantitative estimate of drug-likeness (QED) is 0.217. The number of nitrogens with zero attached hydrogens (tertiary/aromatic N) is 1. The molecule has 1 rings (SSSR count). The second-order valence-corrected chi connectivity index (χ2v) is 6.19. The van der Waals surface area contributed by atoms with Crippen LogP contribution in [0.5, 0.6) is 5.75 Å². The van der Waals surface area contributed by atoms with E-state index in [4.69, 9.17) is 16.2 Å². The van der Waals surface area contributed by atoms with Crippen molar-refractivity contribution in [1.29, 1.82) is 0 Å². The summed E-state index contributed by atoms with van der Waals surface area (Å²) in [6.45, 7) is 0.925. The molecule has 0 aromatic heterocycles. The molecule has 18 heavy (non-hydrogen) atoms. The summed E-state index contributed by atoms with van der Waals surface area (Å²) < 4.78 is 5.57. The summed E-state index contributed by atoms with van der Waals surface area (Å²) in [5, 5.41) is 0. The summed E-state index contributed by atoms with van der Waals surface area (Å²) >= 11 is 6.62. The van der Waals surface area contributed by atoms with Crippen LogP contribution in [-0.2, 0) is 11.5 Å². The van der Waals surface area contributed by atoms with Gasteiger partial charge in [0.2, 0.25) is 0 Å². The van der Waals surface area contributed by atoms with E-state index < -0.39 is 0 Å². The molecule has 0 saturated heterocycles. The lowest BCUT2D eigenvalue weighted by molar-refractivity contribution is 0.328. The number of rotatable bonds is 7. The van der Waals surface area contributed by atoms with Gasteiger partial charge in [-0.25, -0.2) is 0 Å². The maximum absolute atomic E-state index is 5.57. The van der Waals surface area contributed by atoms with E-state index in [1.54, 1.807) is 8.93 Å². The molecule has 0 saturated carbocycles. The second kappa shape index (κ2) is 8.76. The molecule has 0 aliphatic carbocycles. The smallest absolute Gasteiger partial charge is 0.186 e. The predicted molar refractivity (Wildman–Crippen MR) is 90.6 cm³/mol. The van der Waals surface area contributed by atoms with Gasteiger partial charge in [-0.05, 0) is 44.5 Å². The van der Waals surface area contributed by atoms with Crippen molar-refractivity contribution in [3.8, 4) is 5.75 Å². The second-order valence-electron chi connectivity index (χ2n) is 3.50. The van der Waals surface area contributed by atoms with Crippen LogP contribution in [0.15, 0.2) is 23.2 Å². The lowest BCUT2D eigenvalue weighted by Gasteiger charge is -2.10. The average Bonchev–Trinajstić information content (AvgIpc) is 2.36. The molecule has 7 heteroatoms. The molecule has 0 radical (unpaired) electrons. The molecular formula is C11H16IN3OS2. The normalized spacial score (nSPS) is 10.1. The van der Waals surface area contributed by atoms with Crippen molar-refractivity contribution < 1.29 is 4.74 Å². The Balaban J connectivity index is 2.59. The molecule has 0 amide bonds. The average molecular weight is 397 g/mol. The lowest BCUT2D eigenvalue weighted by atomic mass is 10.1. The van der Waals surface area contributed by atoms with Gasteiger partial charge in [0, 0.05) is 11.5 Å². The van der Waals surface area contributed by atoms with Crippen LogP contribution in [0.25, 0.3) is 0 Å². The number of benzene rings is 1. The Morgan fingerprint density at radius 3 is 2.78 bits per heavy atom. The number of guanidine groups is 1. The first-order valence-corrected chi connectivity index (χ1v) is 9.48. The molecule has 0 bridgehead atoms. The number of ether oxygens (including phenoxy) is 1. The molecule has 1 aromatic carbocycles. The van der Waals surface area contributed by atoms with Crippen molar-refractivity contribution in [2.75, 3.05) is 13.2 Å². The van der Waals surface area contributed by atoms with Crippen molar-refractivity contribution in [2.45, 2.75) is 11.5 Å². The standard InChI is InChI=1S/C11H16IN3OS2/c12-18-7-8-1-2-10(5-9(8)6-17)16-4-3-15-11(13)14/h1-2,5,17H,3-4,6-7H2,(H4,13,14,15). The molecule has 0 aliphatic heterocycles. The van der Waals surface area contributed by atoms with Crippen molar-refractivity contribution in [2.24, 2.45) is 16.5 Å². The van der Waals surface area contributed by atoms with Crippen molar-refractivity contribution in [3.63, 3.8) is 0 Å². The van der Waals surface area contributed by atoms with Gasteiger partial charge in [-0.2, -0.15) is 12.6 Å². The molecular weight excluding hydrogens is 381 g/mol. The Morgan fingerprint density at radius 1 is 1.39 bits per heavy atom. The summed E-state index contributed by atoms with van der Waals surface area (Å²) in [5.74, 6) is 2.60. The molecule has 100 valence electrons. The number of nitrogens with two attached hydrogens (primary N) is 2. The number of hydrogen-bond donors (Lipinski definition) is 3. The molecule has 0 fully saturated rings. The maximum atomic E-state index is 5.57. The van der Waals surface area contributed by atoms with E-state index in [0.717, 1.165) is 11.5 Å². The van der Waals surface area contributed by atoms with E-state index >= 15 is 0 Å². The van der Waals surface area contributed by atoms with Gasteiger partial charge in [-0.3, -0.25) is 4.99 Å². The van der Waals surface area contributed by atoms with E-state index in [9.17, 15) is 0 Å². The first-order valence-electron chi connectivity index (χ1n) is 5.31. The van der Waals surface area contributed by atoms with Gasteiger partial charge in [-0.1, -0.05) is 15.0 Å². The Kier molecular flexibility index (Phi) is 7.68. The minimum Gasteiger partial charge on any atom is -0.492 e. The summed E-state index contributed by atoms with van der Waals surface area (Å²) in [7, 11) is 1.76. The highest BCUT2D eigenvalue weighted by molar-refractivity contribution is 14.2. The summed E-state index contributed by atoms with van der Waals surface area (Å²) in [6.07, 6.45) is 0. The summed E-state index contributed by atoms with van der Waals surface area (Å²) in [4.78, 5) is 3.86.